The molecule has 0 saturated carbocycles. The molecule has 2 amide bonds. The molecule has 0 bridgehead atoms. The molecular formula is C23H37N3O4S. The zero-order valence-corrected chi connectivity index (χ0v) is 20.2. The number of carbonyl (C=O) groups excluding carboxylic acids is 2. The van der Waals surface area contributed by atoms with E-state index in [4.69, 9.17) is 0 Å². The molecule has 1 aliphatic heterocycles. The zero-order chi connectivity index (χ0) is 23.2. The van der Waals surface area contributed by atoms with E-state index in [0.717, 1.165) is 25.8 Å². The van der Waals surface area contributed by atoms with Gasteiger partial charge in [0.1, 0.15) is 6.04 Å². The molecule has 174 valence electrons. The maximum atomic E-state index is 13.2. The van der Waals surface area contributed by atoms with Crippen molar-refractivity contribution in [2.45, 2.75) is 64.8 Å². The highest BCUT2D eigenvalue weighted by Crippen LogP contribution is 2.21. The van der Waals surface area contributed by atoms with Crippen LogP contribution in [0.5, 0.6) is 0 Å². The van der Waals surface area contributed by atoms with E-state index in [0.29, 0.717) is 25.6 Å². The van der Waals surface area contributed by atoms with Crippen molar-refractivity contribution in [2.75, 3.05) is 26.2 Å². The van der Waals surface area contributed by atoms with Gasteiger partial charge >= 0.3 is 0 Å². The summed E-state index contributed by atoms with van der Waals surface area (Å²) in [7, 11) is -3.67. The van der Waals surface area contributed by atoms with E-state index in [1.807, 2.05) is 18.7 Å². The number of hydrogen-bond donors (Lipinski definition) is 1. The van der Waals surface area contributed by atoms with Gasteiger partial charge in [0.25, 0.3) is 5.91 Å². The largest absolute Gasteiger partial charge is 0.341 e. The van der Waals surface area contributed by atoms with E-state index in [-0.39, 0.29) is 22.3 Å². The van der Waals surface area contributed by atoms with E-state index in [1.165, 1.54) is 16.4 Å². The van der Waals surface area contributed by atoms with Crippen LogP contribution in [-0.4, -0.2) is 61.7 Å². The number of carbonyl (C=O) groups is 2. The van der Waals surface area contributed by atoms with E-state index in [2.05, 4.69) is 12.2 Å². The van der Waals surface area contributed by atoms with Crippen LogP contribution in [0.15, 0.2) is 29.2 Å². The first-order valence-electron chi connectivity index (χ1n) is 11.3. The Hall–Kier alpha value is -1.93. The number of benzene rings is 1. The lowest BCUT2D eigenvalue weighted by molar-refractivity contribution is -0.136. The van der Waals surface area contributed by atoms with Gasteiger partial charge in [-0.3, -0.25) is 9.59 Å². The van der Waals surface area contributed by atoms with Crippen LogP contribution in [0.4, 0.5) is 0 Å². The highest BCUT2D eigenvalue weighted by atomic mass is 32.2. The second-order valence-electron chi connectivity index (χ2n) is 8.51. The van der Waals surface area contributed by atoms with E-state index >= 15 is 0 Å². The van der Waals surface area contributed by atoms with Gasteiger partial charge in [-0.1, -0.05) is 47.1 Å². The number of rotatable bonds is 9. The Morgan fingerprint density at radius 3 is 2.45 bits per heavy atom. The summed E-state index contributed by atoms with van der Waals surface area (Å²) in [5, 5.41) is 2.86. The number of sulfonamides is 1. The number of nitrogens with zero attached hydrogens (tertiary/aromatic N) is 2. The third kappa shape index (κ3) is 6.07. The first-order chi connectivity index (χ1) is 14.6. The topological polar surface area (TPSA) is 86.8 Å². The van der Waals surface area contributed by atoms with Crippen molar-refractivity contribution in [3.05, 3.63) is 29.8 Å². The number of amides is 2. The summed E-state index contributed by atoms with van der Waals surface area (Å²) >= 11 is 0. The third-order valence-electron chi connectivity index (χ3n) is 6.07. The predicted molar refractivity (Wildman–Crippen MR) is 122 cm³/mol. The molecule has 0 spiro atoms. The fourth-order valence-corrected chi connectivity index (χ4v) is 5.55. The molecule has 1 aliphatic rings. The van der Waals surface area contributed by atoms with Crippen molar-refractivity contribution in [2.24, 2.45) is 11.8 Å². The van der Waals surface area contributed by atoms with Crippen molar-refractivity contribution in [3.63, 3.8) is 0 Å². The lowest BCUT2D eigenvalue weighted by atomic mass is 9.94. The molecule has 1 aromatic rings. The molecular weight excluding hydrogens is 414 g/mol. The Labute approximate surface area is 187 Å². The zero-order valence-electron chi connectivity index (χ0n) is 19.4. The minimum atomic E-state index is -3.67. The van der Waals surface area contributed by atoms with Gasteiger partial charge in [0.15, 0.2) is 0 Å². The first-order valence-corrected chi connectivity index (χ1v) is 12.8. The molecule has 2 rings (SSSR count). The molecule has 7 nitrogen and oxygen atoms in total. The van der Waals surface area contributed by atoms with Gasteiger partial charge < -0.3 is 10.2 Å². The molecule has 2 unspecified atom stereocenters. The second-order valence-corrected chi connectivity index (χ2v) is 10.5. The summed E-state index contributed by atoms with van der Waals surface area (Å²) in [6, 6.07) is 5.37. The molecule has 31 heavy (non-hydrogen) atoms. The molecule has 1 aromatic carbocycles. The van der Waals surface area contributed by atoms with Crippen molar-refractivity contribution in [1.82, 2.24) is 14.5 Å². The molecule has 1 heterocycles. The summed E-state index contributed by atoms with van der Waals surface area (Å²) in [6.07, 6.45) is 3.15. The van der Waals surface area contributed by atoms with Crippen LogP contribution in [0.2, 0.25) is 0 Å². The van der Waals surface area contributed by atoms with Crippen molar-refractivity contribution < 1.29 is 18.0 Å². The molecule has 2 atom stereocenters. The quantitative estimate of drug-likeness (QED) is 0.625. The van der Waals surface area contributed by atoms with Gasteiger partial charge in [-0.05, 0) is 42.9 Å². The van der Waals surface area contributed by atoms with Gasteiger partial charge in [0, 0.05) is 31.7 Å². The standard InChI is InChI=1S/C23H37N3O4S/c1-6-18-11-10-14-25(16-18)23(28)21(17(4)5)24-22(27)19-12-9-13-20(15-19)31(29,30)26(7-2)8-3/h9,12-13,15,17-18,21H,6-8,10-11,14,16H2,1-5H3,(H,24,27). The van der Waals surface area contributed by atoms with Crippen molar-refractivity contribution in [1.29, 1.82) is 0 Å². The Morgan fingerprint density at radius 1 is 1.19 bits per heavy atom. The SMILES string of the molecule is CCC1CCCN(C(=O)C(NC(=O)c2cccc(S(=O)(=O)N(CC)CC)c2)C(C)C)C1. The highest BCUT2D eigenvalue weighted by Gasteiger charge is 2.32. The minimum Gasteiger partial charge on any atom is -0.341 e. The van der Waals surface area contributed by atoms with Gasteiger partial charge in [0.05, 0.1) is 4.90 Å². The smallest absolute Gasteiger partial charge is 0.251 e. The predicted octanol–water partition coefficient (Wildman–Crippen LogP) is 3.12. The fourth-order valence-electron chi connectivity index (χ4n) is 4.04. The molecule has 1 N–H and O–H groups in total. The Morgan fingerprint density at radius 2 is 1.87 bits per heavy atom. The molecule has 0 aliphatic carbocycles. The minimum absolute atomic E-state index is 0.0617. The molecule has 0 radical (unpaired) electrons. The normalized spacial score (nSPS) is 18.3. The van der Waals surface area contributed by atoms with Crippen LogP contribution >= 0.6 is 0 Å². The van der Waals surface area contributed by atoms with Crippen LogP contribution in [0.3, 0.4) is 0 Å². The number of hydrogen-bond acceptors (Lipinski definition) is 4. The Kier molecular flexibility index (Phi) is 9.06. The van der Waals surface area contributed by atoms with Crippen molar-refractivity contribution in [3.8, 4) is 0 Å². The van der Waals surface area contributed by atoms with Crippen LogP contribution in [0, 0.1) is 11.8 Å². The van der Waals surface area contributed by atoms with Gasteiger partial charge in [-0.15, -0.1) is 0 Å². The van der Waals surface area contributed by atoms with Crippen LogP contribution < -0.4 is 5.32 Å². The van der Waals surface area contributed by atoms with E-state index in [1.54, 1.807) is 26.0 Å². The Balaban J connectivity index is 2.21. The molecule has 1 saturated heterocycles. The summed E-state index contributed by atoms with van der Waals surface area (Å²) in [6.45, 7) is 11.7. The van der Waals surface area contributed by atoms with Gasteiger partial charge in [-0.25, -0.2) is 8.42 Å². The average Bonchev–Trinajstić information content (AvgIpc) is 2.77. The fraction of sp³-hybridized carbons (Fsp3) is 0.652. The lowest BCUT2D eigenvalue weighted by Gasteiger charge is -2.35. The van der Waals surface area contributed by atoms with Crippen LogP contribution in [0.1, 0.15) is 64.2 Å². The van der Waals surface area contributed by atoms with Gasteiger partial charge in [0.2, 0.25) is 15.9 Å². The summed E-state index contributed by atoms with van der Waals surface area (Å²) in [5.74, 6) is -0.0784. The molecule has 0 aromatic heterocycles. The summed E-state index contributed by atoms with van der Waals surface area (Å²) in [5.41, 5.74) is 0.233. The number of nitrogens with one attached hydrogen (secondary N) is 1. The third-order valence-corrected chi connectivity index (χ3v) is 8.11. The monoisotopic (exact) mass is 451 g/mol. The van der Waals surface area contributed by atoms with Crippen LogP contribution in [0.25, 0.3) is 0 Å². The molecule has 8 heteroatoms. The van der Waals surface area contributed by atoms with Crippen molar-refractivity contribution >= 4 is 21.8 Å². The second kappa shape index (κ2) is 11.1. The molecule has 1 fully saturated rings. The maximum Gasteiger partial charge on any atom is 0.251 e. The highest BCUT2D eigenvalue weighted by molar-refractivity contribution is 7.89. The first kappa shape index (κ1) is 25.3. The maximum absolute atomic E-state index is 13.2. The van der Waals surface area contributed by atoms with E-state index in [9.17, 15) is 18.0 Å². The summed E-state index contributed by atoms with van der Waals surface area (Å²) < 4.78 is 27.0. The van der Waals surface area contributed by atoms with E-state index < -0.39 is 22.0 Å². The Bertz CT molecular complexity index is 865. The van der Waals surface area contributed by atoms with Crippen LogP contribution in [-0.2, 0) is 14.8 Å². The number of piperidine rings is 1. The summed E-state index contributed by atoms with van der Waals surface area (Å²) in [4.78, 5) is 28.1. The number of likely N-dealkylation sites (tertiary alicyclic amines) is 1. The lowest BCUT2D eigenvalue weighted by Crippen LogP contribution is -2.53. The van der Waals surface area contributed by atoms with Gasteiger partial charge in [-0.2, -0.15) is 4.31 Å². The average molecular weight is 452 g/mol.